The number of rotatable bonds is 5. The van der Waals surface area contributed by atoms with Gasteiger partial charge in [-0.05, 0) is 20.8 Å². The number of likely N-dealkylation sites (N-methyl/N-ethyl adjacent to an activating group) is 1. The molecule has 19 heavy (non-hydrogen) atoms. The summed E-state index contributed by atoms with van der Waals surface area (Å²) in [4.78, 5) is 31.7. The fraction of sp³-hybridized carbons (Fsp3) is 0.500. The molecule has 1 heterocycles. The SMILES string of the molecule is Cc1cncnc1OCC(=O)N(C)C(C)(C)C(=O)O. The molecular weight excluding hydrogens is 250 g/mol. The second-order valence-corrected chi connectivity index (χ2v) is 4.62. The molecule has 1 aromatic heterocycles. The van der Waals surface area contributed by atoms with E-state index in [0.717, 1.165) is 4.90 Å². The van der Waals surface area contributed by atoms with E-state index in [0.29, 0.717) is 11.4 Å². The van der Waals surface area contributed by atoms with Gasteiger partial charge in [-0.3, -0.25) is 4.79 Å². The number of carbonyl (C=O) groups excluding carboxylic acids is 1. The first-order valence-corrected chi connectivity index (χ1v) is 5.66. The van der Waals surface area contributed by atoms with Gasteiger partial charge < -0.3 is 14.7 Å². The van der Waals surface area contributed by atoms with Crippen molar-refractivity contribution in [1.29, 1.82) is 0 Å². The fourth-order valence-electron chi connectivity index (χ4n) is 1.22. The molecule has 104 valence electrons. The van der Waals surface area contributed by atoms with Gasteiger partial charge in [0.05, 0.1) is 0 Å². The minimum absolute atomic E-state index is 0.273. The molecule has 0 spiro atoms. The Morgan fingerprint density at radius 1 is 1.47 bits per heavy atom. The molecular formula is C12H17N3O4. The largest absolute Gasteiger partial charge is 0.480 e. The average molecular weight is 267 g/mol. The summed E-state index contributed by atoms with van der Waals surface area (Å²) >= 11 is 0. The Balaban J connectivity index is 2.66. The molecule has 7 nitrogen and oxygen atoms in total. The van der Waals surface area contributed by atoms with Crippen LogP contribution < -0.4 is 4.74 Å². The van der Waals surface area contributed by atoms with E-state index >= 15 is 0 Å². The van der Waals surface area contributed by atoms with Crippen molar-refractivity contribution in [3.8, 4) is 5.88 Å². The van der Waals surface area contributed by atoms with E-state index in [2.05, 4.69) is 9.97 Å². The lowest BCUT2D eigenvalue weighted by molar-refractivity contribution is -0.156. The van der Waals surface area contributed by atoms with Crippen LogP contribution in [0.25, 0.3) is 0 Å². The number of ether oxygens (including phenoxy) is 1. The average Bonchev–Trinajstić information content (AvgIpc) is 2.36. The fourth-order valence-corrected chi connectivity index (χ4v) is 1.22. The van der Waals surface area contributed by atoms with Crippen LogP contribution in [-0.4, -0.2) is 51.0 Å². The van der Waals surface area contributed by atoms with Crippen LogP contribution in [0.5, 0.6) is 5.88 Å². The first-order chi connectivity index (χ1) is 8.76. The first kappa shape index (κ1) is 14.9. The van der Waals surface area contributed by atoms with E-state index in [1.54, 1.807) is 13.1 Å². The molecule has 0 atom stereocenters. The highest BCUT2D eigenvalue weighted by molar-refractivity contribution is 5.86. The maximum Gasteiger partial charge on any atom is 0.329 e. The third kappa shape index (κ3) is 3.40. The number of hydrogen-bond donors (Lipinski definition) is 1. The van der Waals surface area contributed by atoms with Crippen molar-refractivity contribution in [2.24, 2.45) is 0 Å². The van der Waals surface area contributed by atoms with E-state index in [1.165, 1.54) is 27.2 Å². The topological polar surface area (TPSA) is 92.6 Å². The Hall–Kier alpha value is -2.18. The quantitative estimate of drug-likeness (QED) is 0.834. The summed E-state index contributed by atoms with van der Waals surface area (Å²) in [6, 6.07) is 0. The second kappa shape index (κ2) is 5.64. The first-order valence-electron chi connectivity index (χ1n) is 5.66. The maximum absolute atomic E-state index is 11.9. The summed E-state index contributed by atoms with van der Waals surface area (Å²) in [5, 5.41) is 9.03. The van der Waals surface area contributed by atoms with Gasteiger partial charge in [-0.2, -0.15) is 0 Å². The van der Waals surface area contributed by atoms with Crippen molar-refractivity contribution < 1.29 is 19.4 Å². The Bertz CT molecular complexity index is 488. The highest BCUT2D eigenvalue weighted by Crippen LogP contribution is 2.14. The zero-order valence-electron chi connectivity index (χ0n) is 11.4. The zero-order valence-corrected chi connectivity index (χ0v) is 11.4. The summed E-state index contributed by atoms with van der Waals surface area (Å²) < 4.78 is 5.26. The van der Waals surface area contributed by atoms with E-state index < -0.39 is 17.4 Å². The van der Waals surface area contributed by atoms with Crippen LogP contribution >= 0.6 is 0 Å². The Labute approximate surface area is 111 Å². The molecule has 1 N–H and O–H groups in total. The van der Waals surface area contributed by atoms with E-state index in [4.69, 9.17) is 9.84 Å². The van der Waals surface area contributed by atoms with Gasteiger partial charge in [-0.1, -0.05) is 0 Å². The number of aromatic nitrogens is 2. The predicted octanol–water partition coefficient (Wildman–Crippen LogP) is 0.485. The molecule has 0 aromatic carbocycles. The Morgan fingerprint density at radius 3 is 2.63 bits per heavy atom. The lowest BCUT2D eigenvalue weighted by Gasteiger charge is -2.31. The van der Waals surface area contributed by atoms with Crippen LogP contribution in [0.1, 0.15) is 19.4 Å². The number of hydrogen-bond acceptors (Lipinski definition) is 5. The van der Waals surface area contributed by atoms with Gasteiger partial charge in [0.15, 0.2) is 6.61 Å². The Kier molecular flexibility index (Phi) is 4.42. The standard InChI is InChI=1S/C12H17N3O4/c1-8-5-13-7-14-10(8)19-6-9(16)15(4)12(2,3)11(17)18/h5,7H,6H2,1-4H3,(H,17,18). The van der Waals surface area contributed by atoms with Crippen molar-refractivity contribution in [2.45, 2.75) is 26.3 Å². The van der Waals surface area contributed by atoms with Gasteiger partial charge >= 0.3 is 5.97 Å². The van der Waals surface area contributed by atoms with Gasteiger partial charge in [0.1, 0.15) is 11.9 Å². The van der Waals surface area contributed by atoms with Crippen LogP contribution in [-0.2, 0) is 9.59 Å². The summed E-state index contributed by atoms with van der Waals surface area (Å²) in [6.45, 7) is 4.38. The highest BCUT2D eigenvalue weighted by atomic mass is 16.5. The van der Waals surface area contributed by atoms with Crippen LogP contribution in [0.15, 0.2) is 12.5 Å². The van der Waals surface area contributed by atoms with Gasteiger partial charge in [-0.15, -0.1) is 0 Å². The van der Waals surface area contributed by atoms with Crippen molar-refractivity contribution in [2.75, 3.05) is 13.7 Å². The maximum atomic E-state index is 11.9. The van der Waals surface area contributed by atoms with Crippen LogP contribution in [0.2, 0.25) is 0 Å². The Morgan fingerprint density at radius 2 is 2.11 bits per heavy atom. The molecule has 0 fully saturated rings. The molecule has 0 aliphatic carbocycles. The number of amides is 1. The third-order valence-corrected chi connectivity index (χ3v) is 2.92. The van der Waals surface area contributed by atoms with Crippen molar-refractivity contribution >= 4 is 11.9 Å². The number of aliphatic carboxylic acids is 1. The molecule has 0 bridgehead atoms. The number of carbonyl (C=O) groups is 2. The van der Waals surface area contributed by atoms with Gasteiger partial charge in [0.2, 0.25) is 5.88 Å². The number of nitrogens with zero attached hydrogens (tertiary/aromatic N) is 3. The van der Waals surface area contributed by atoms with Gasteiger partial charge in [0.25, 0.3) is 5.91 Å². The highest BCUT2D eigenvalue weighted by Gasteiger charge is 2.35. The second-order valence-electron chi connectivity index (χ2n) is 4.62. The minimum Gasteiger partial charge on any atom is -0.480 e. The lowest BCUT2D eigenvalue weighted by atomic mass is 10.0. The molecule has 1 aromatic rings. The normalized spacial score (nSPS) is 10.9. The van der Waals surface area contributed by atoms with Gasteiger partial charge in [0, 0.05) is 18.8 Å². The van der Waals surface area contributed by atoms with Crippen LogP contribution in [0.4, 0.5) is 0 Å². The molecule has 0 unspecified atom stereocenters. The van der Waals surface area contributed by atoms with Crippen molar-refractivity contribution in [3.63, 3.8) is 0 Å². The summed E-state index contributed by atoms with van der Waals surface area (Å²) in [5.41, 5.74) is -0.586. The van der Waals surface area contributed by atoms with E-state index in [9.17, 15) is 9.59 Å². The molecule has 1 rings (SSSR count). The number of aryl methyl sites for hydroxylation is 1. The molecule has 1 amide bonds. The summed E-state index contributed by atoms with van der Waals surface area (Å²) in [5.74, 6) is -1.21. The van der Waals surface area contributed by atoms with Gasteiger partial charge in [-0.25, -0.2) is 14.8 Å². The van der Waals surface area contributed by atoms with E-state index in [1.807, 2.05) is 0 Å². The molecule has 0 saturated carbocycles. The third-order valence-electron chi connectivity index (χ3n) is 2.92. The monoisotopic (exact) mass is 267 g/mol. The molecule has 7 heteroatoms. The zero-order chi connectivity index (χ0) is 14.6. The number of carboxylic acid groups (broad SMARTS) is 1. The van der Waals surface area contributed by atoms with E-state index in [-0.39, 0.29) is 6.61 Å². The summed E-state index contributed by atoms with van der Waals surface area (Å²) in [6.07, 6.45) is 2.88. The van der Waals surface area contributed by atoms with Crippen LogP contribution in [0.3, 0.4) is 0 Å². The summed E-state index contributed by atoms with van der Waals surface area (Å²) in [7, 11) is 1.42. The minimum atomic E-state index is -1.29. The van der Waals surface area contributed by atoms with Crippen LogP contribution in [0, 0.1) is 6.92 Å². The smallest absolute Gasteiger partial charge is 0.329 e. The molecule has 0 radical (unpaired) electrons. The van der Waals surface area contributed by atoms with Crippen molar-refractivity contribution in [1.82, 2.24) is 14.9 Å². The predicted molar refractivity (Wildman–Crippen MR) is 66.7 cm³/mol. The molecule has 0 saturated heterocycles. The molecule has 0 aliphatic rings. The number of carboxylic acids is 1. The van der Waals surface area contributed by atoms with Crippen molar-refractivity contribution in [3.05, 3.63) is 18.1 Å². The molecule has 0 aliphatic heterocycles. The lowest BCUT2D eigenvalue weighted by Crippen LogP contribution is -2.52.